The summed E-state index contributed by atoms with van der Waals surface area (Å²) in [6.07, 6.45) is -0.328. The molecule has 7 heteroatoms. The van der Waals surface area contributed by atoms with Crippen molar-refractivity contribution in [2.75, 3.05) is 0 Å². The van der Waals surface area contributed by atoms with Gasteiger partial charge in [0.15, 0.2) is 0 Å². The molecule has 1 atom stereocenters. The van der Waals surface area contributed by atoms with E-state index in [9.17, 15) is 9.59 Å². The molecule has 0 radical (unpaired) electrons. The summed E-state index contributed by atoms with van der Waals surface area (Å²) in [7, 11) is -3.64. The largest absolute Gasteiger partial charge is 0.463 e. The molecule has 136 valence electrons. The highest BCUT2D eigenvalue weighted by atomic mass is 28.4. The Morgan fingerprint density at radius 2 is 1.22 bits per heavy atom. The van der Waals surface area contributed by atoms with Gasteiger partial charge < -0.3 is 13.7 Å². The Hall–Kier alpha value is -0.666. The van der Waals surface area contributed by atoms with E-state index < -0.39 is 22.5 Å². The fourth-order valence-corrected chi connectivity index (χ4v) is 13.3. The van der Waals surface area contributed by atoms with Crippen LogP contribution >= 0.6 is 0 Å². The van der Waals surface area contributed by atoms with Crippen LogP contribution in [0.5, 0.6) is 0 Å². The maximum absolute atomic E-state index is 12.7. The quantitative estimate of drug-likeness (QED) is 0.488. The van der Waals surface area contributed by atoms with Crippen molar-refractivity contribution in [3.8, 4) is 0 Å². The number of rotatable bonds is 8. The first kappa shape index (κ1) is 22.3. The molecule has 0 aromatic rings. The zero-order valence-corrected chi connectivity index (χ0v) is 18.5. The molecule has 0 saturated heterocycles. The summed E-state index contributed by atoms with van der Waals surface area (Å²) in [4.78, 5) is 24.9. The standard InChI is InChI=1S/C16H35NO4Si2/c1-12(2)20-15(18)11-14(16(19)21-13(3)4)17(22(5,6)7)23(8,9)10/h12-14H,11H2,1-10H3. The predicted octanol–water partition coefficient (Wildman–Crippen LogP) is 3.62. The van der Waals surface area contributed by atoms with Gasteiger partial charge in [-0.05, 0) is 27.7 Å². The van der Waals surface area contributed by atoms with Crippen LogP contribution in [0.1, 0.15) is 34.1 Å². The summed E-state index contributed by atoms with van der Waals surface area (Å²) in [6.45, 7) is 20.5. The van der Waals surface area contributed by atoms with Gasteiger partial charge in [-0.25, -0.2) is 0 Å². The van der Waals surface area contributed by atoms with Crippen LogP contribution in [0.4, 0.5) is 0 Å². The first-order valence-corrected chi connectivity index (χ1v) is 15.2. The summed E-state index contributed by atoms with van der Waals surface area (Å²) in [6, 6.07) is -0.554. The van der Waals surface area contributed by atoms with E-state index in [2.05, 4.69) is 43.5 Å². The van der Waals surface area contributed by atoms with Gasteiger partial charge in [-0.1, -0.05) is 39.3 Å². The maximum atomic E-state index is 12.7. The molecule has 0 amide bonds. The molecule has 0 aliphatic heterocycles. The molecule has 23 heavy (non-hydrogen) atoms. The Labute approximate surface area is 143 Å². The molecule has 0 heterocycles. The molecule has 0 spiro atoms. The van der Waals surface area contributed by atoms with Crippen LogP contribution in [0.25, 0.3) is 0 Å². The zero-order chi connectivity index (χ0) is 18.6. The monoisotopic (exact) mass is 361 g/mol. The number of nitrogens with zero attached hydrogens (tertiary/aromatic N) is 1. The Bertz CT molecular complexity index is 397. The minimum atomic E-state index is -1.82. The van der Waals surface area contributed by atoms with Crippen molar-refractivity contribution in [2.45, 2.75) is 91.6 Å². The molecule has 0 bridgehead atoms. The third-order valence-electron chi connectivity index (χ3n) is 3.11. The van der Waals surface area contributed by atoms with Crippen molar-refractivity contribution in [3.63, 3.8) is 0 Å². The summed E-state index contributed by atoms with van der Waals surface area (Å²) >= 11 is 0. The highest BCUT2D eigenvalue weighted by Gasteiger charge is 2.44. The second-order valence-electron chi connectivity index (χ2n) is 8.46. The van der Waals surface area contributed by atoms with Gasteiger partial charge in [0, 0.05) is 0 Å². The lowest BCUT2D eigenvalue weighted by atomic mass is 10.2. The van der Waals surface area contributed by atoms with Crippen molar-refractivity contribution >= 4 is 28.4 Å². The van der Waals surface area contributed by atoms with Gasteiger partial charge in [-0.15, -0.1) is 0 Å². The van der Waals surface area contributed by atoms with Gasteiger partial charge in [0.05, 0.1) is 18.6 Å². The zero-order valence-electron chi connectivity index (χ0n) is 16.5. The van der Waals surface area contributed by atoms with Crippen molar-refractivity contribution in [2.24, 2.45) is 0 Å². The number of hydrogen-bond donors (Lipinski definition) is 0. The lowest BCUT2D eigenvalue weighted by Gasteiger charge is -2.47. The second kappa shape index (κ2) is 8.44. The van der Waals surface area contributed by atoms with E-state index in [1.807, 2.05) is 27.7 Å². The molecule has 0 aromatic heterocycles. The van der Waals surface area contributed by atoms with Crippen molar-refractivity contribution in [1.82, 2.24) is 4.23 Å². The van der Waals surface area contributed by atoms with E-state index in [1.165, 1.54) is 0 Å². The van der Waals surface area contributed by atoms with E-state index in [-0.39, 0.29) is 30.6 Å². The SMILES string of the molecule is CC(C)OC(=O)CC(C(=O)OC(C)C)N([Si](C)(C)C)[Si](C)(C)C. The molecule has 0 aliphatic carbocycles. The lowest BCUT2D eigenvalue weighted by molar-refractivity contribution is -0.158. The van der Waals surface area contributed by atoms with Crippen LogP contribution in [0.3, 0.4) is 0 Å². The predicted molar refractivity (Wildman–Crippen MR) is 99.4 cm³/mol. The third kappa shape index (κ3) is 8.12. The highest BCUT2D eigenvalue weighted by molar-refractivity contribution is 6.89. The molecule has 0 fully saturated rings. The van der Waals surface area contributed by atoms with Crippen LogP contribution in [0.15, 0.2) is 0 Å². The van der Waals surface area contributed by atoms with Gasteiger partial charge in [-0.2, -0.15) is 0 Å². The summed E-state index contributed by atoms with van der Waals surface area (Å²) in [5.41, 5.74) is 0. The molecular weight excluding hydrogens is 326 g/mol. The molecule has 5 nitrogen and oxygen atoms in total. The summed E-state index contributed by atoms with van der Waals surface area (Å²) < 4.78 is 13.0. The average Bonchev–Trinajstić information content (AvgIpc) is 2.21. The van der Waals surface area contributed by atoms with Crippen molar-refractivity contribution in [1.29, 1.82) is 0 Å². The van der Waals surface area contributed by atoms with Gasteiger partial charge in [-0.3, -0.25) is 9.59 Å². The second-order valence-corrected chi connectivity index (χ2v) is 18.5. The summed E-state index contributed by atoms with van der Waals surface area (Å²) in [5, 5.41) is 0. The number of ether oxygens (including phenoxy) is 2. The van der Waals surface area contributed by atoms with E-state index in [1.54, 1.807) is 0 Å². The first-order chi connectivity index (χ1) is 10.2. The molecule has 0 N–H and O–H groups in total. The van der Waals surface area contributed by atoms with E-state index in [0.717, 1.165) is 0 Å². The van der Waals surface area contributed by atoms with E-state index >= 15 is 0 Å². The van der Waals surface area contributed by atoms with Crippen LogP contribution in [-0.2, 0) is 19.1 Å². The normalized spacial score (nSPS) is 14.3. The Balaban J connectivity index is 5.62. The minimum absolute atomic E-state index is 0.0538. The summed E-state index contributed by atoms with van der Waals surface area (Å²) in [5.74, 6) is -0.655. The fraction of sp³-hybridized carbons (Fsp3) is 0.875. The number of carbonyl (C=O) groups excluding carboxylic acids is 2. The molecule has 0 aliphatic rings. The Morgan fingerprint density at radius 3 is 1.52 bits per heavy atom. The van der Waals surface area contributed by atoms with Gasteiger partial charge in [0.2, 0.25) is 0 Å². The van der Waals surface area contributed by atoms with E-state index in [4.69, 9.17) is 9.47 Å². The van der Waals surface area contributed by atoms with Crippen LogP contribution in [-0.4, -0.2) is 50.9 Å². The number of hydrogen-bond acceptors (Lipinski definition) is 5. The lowest BCUT2D eigenvalue weighted by Crippen LogP contribution is -2.65. The maximum Gasteiger partial charge on any atom is 0.322 e. The smallest absolute Gasteiger partial charge is 0.322 e. The third-order valence-corrected chi connectivity index (χ3v) is 10.6. The minimum Gasteiger partial charge on any atom is -0.463 e. The van der Waals surface area contributed by atoms with Crippen molar-refractivity contribution in [3.05, 3.63) is 0 Å². The van der Waals surface area contributed by atoms with Gasteiger partial charge >= 0.3 is 11.9 Å². The fourth-order valence-electron chi connectivity index (χ4n) is 3.00. The molecule has 0 saturated carbocycles. The molecule has 1 unspecified atom stereocenters. The van der Waals surface area contributed by atoms with Crippen molar-refractivity contribution < 1.29 is 19.1 Å². The Morgan fingerprint density at radius 1 is 0.826 bits per heavy atom. The topological polar surface area (TPSA) is 55.8 Å². The Kier molecular flexibility index (Phi) is 8.19. The number of carbonyl (C=O) groups is 2. The molecule has 0 rings (SSSR count). The molecular formula is C16H35NO4Si2. The average molecular weight is 362 g/mol. The van der Waals surface area contributed by atoms with Crippen LogP contribution < -0.4 is 0 Å². The van der Waals surface area contributed by atoms with E-state index in [0.29, 0.717) is 0 Å². The first-order valence-electron chi connectivity index (χ1n) is 8.35. The van der Waals surface area contributed by atoms with Gasteiger partial charge in [0.1, 0.15) is 22.5 Å². The number of esters is 2. The van der Waals surface area contributed by atoms with Gasteiger partial charge in [0.25, 0.3) is 0 Å². The van der Waals surface area contributed by atoms with Crippen LogP contribution in [0, 0.1) is 0 Å². The highest BCUT2D eigenvalue weighted by Crippen LogP contribution is 2.26. The molecule has 0 aromatic carbocycles. The van der Waals surface area contributed by atoms with Crippen LogP contribution in [0.2, 0.25) is 39.3 Å².